The van der Waals surface area contributed by atoms with Gasteiger partial charge in [0.05, 0.1) is 5.52 Å². The SMILES string of the molecule is c1ccc(-c2ccc(-c3nc(-c4ccccc4)nc(-c4ccc(-c5cccc(-c6ccc(-c7cc8cccnc8c8ccccc78)cc6)c5)cc4)n3)cc2)cc1. The van der Waals surface area contributed by atoms with Crippen LogP contribution in [0.2, 0.25) is 0 Å². The smallest absolute Gasteiger partial charge is 0.164 e. The Morgan fingerprint density at radius 3 is 1.25 bits per heavy atom. The van der Waals surface area contributed by atoms with E-state index in [1.165, 1.54) is 38.6 Å². The Kier molecular flexibility index (Phi) is 8.47. The molecule has 56 heavy (non-hydrogen) atoms. The minimum absolute atomic E-state index is 0.636. The molecule has 0 bridgehead atoms. The lowest BCUT2D eigenvalue weighted by Crippen LogP contribution is -2.00. The summed E-state index contributed by atoms with van der Waals surface area (Å²) in [5.74, 6) is 1.92. The fourth-order valence-electron chi connectivity index (χ4n) is 7.48. The van der Waals surface area contributed by atoms with Crippen LogP contribution in [-0.4, -0.2) is 19.9 Å². The van der Waals surface area contributed by atoms with Crippen molar-refractivity contribution in [3.63, 3.8) is 0 Å². The third-order valence-electron chi connectivity index (χ3n) is 10.4. The Balaban J connectivity index is 0.948. The minimum Gasteiger partial charge on any atom is -0.256 e. The average molecular weight is 715 g/mol. The van der Waals surface area contributed by atoms with E-state index >= 15 is 0 Å². The Bertz CT molecular complexity index is 2980. The van der Waals surface area contributed by atoms with Crippen LogP contribution in [-0.2, 0) is 0 Å². The molecule has 0 aliphatic rings. The van der Waals surface area contributed by atoms with E-state index in [0.717, 1.165) is 44.3 Å². The zero-order valence-electron chi connectivity index (χ0n) is 30.4. The Morgan fingerprint density at radius 1 is 0.268 bits per heavy atom. The van der Waals surface area contributed by atoms with Gasteiger partial charge >= 0.3 is 0 Å². The average Bonchev–Trinajstić information content (AvgIpc) is 3.29. The van der Waals surface area contributed by atoms with Crippen LogP contribution >= 0.6 is 0 Å². The van der Waals surface area contributed by atoms with Gasteiger partial charge < -0.3 is 0 Å². The Morgan fingerprint density at radius 2 is 0.679 bits per heavy atom. The molecule has 0 saturated heterocycles. The second kappa shape index (κ2) is 14.3. The summed E-state index contributed by atoms with van der Waals surface area (Å²) in [4.78, 5) is 19.6. The second-order valence-electron chi connectivity index (χ2n) is 13.9. The fraction of sp³-hybridized carbons (Fsp3) is 0. The van der Waals surface area contributed by atoms with Crippen molar-refractivity contribution < 1.29 is 0 Å². The van der Waals surface area contributed by atoms with E-state index in [0.29, 0.717) is 17.5 Å². The standard InChI is InChI=1S/C52H34N4/c1-3-11-35(12-4-1)36-22-28-41(29-23-36)51-54-50(40-13-5-2-6-14-40)55-52(56-51)42-30-24-38(25-31-42)44-16-9-15-43(33-44)37-20-26-39(27-21-37)48-34-45-17-10-32-53-49(45)47-19-8-7-18-46(47)48/h1-34H. The molecule has 0 spiro atoms. The molecule has 2 aromatic heterocycles. The number of rotatable bonds is 7. The van der Waals surface area contributed by atoms with Crippen LogP contribution in [0.3, 0.4) is 0 Å². The van der Waals surface area contributed by atoms with Gasteiger partial charge in [0.1, 0.15) is 0 Å². The van der Waals surface area contributed by atoms with Gasteiger partial charge in [-0.3, -0.25) is 4.98 Å². The van der Waals surface area contributed by atoms with Gasteiger partial charge in [0.2, 0.25) is 0 Å². The molecule has 0 aliphatic heterocycles. The molecular formula is C52H34N4. The second-order valence-corrected chi connectivity index (χ2v) is 13.9. The van der Waals surface area contributed by atoms with E-state index in [9.17, 15) is 0 Å². The summed E-state index contributed by atoms with van der Waals surface area (Å²) >= 11 is 0. The van der Waals surface area contributed by atoms with Crippen LogP contribution in [0.15, 0.2) is 206 Å². The summed E-state index contributed by atoms with van der Waals surface area (Å²) in [5.41, 5.74) is 13.2. The van der Waals surface area contributed by atoms with E-state index in [1.807, 2.05) is 48.7 Å². The molecule has 4 heteroatoms. The lowest BCUT2D eigenvalue weighted by molar-refractivity contribution is 1.07. The van der Waals surface area contributed by atoms with E-state index < -0.39 is 0 Å². The zero-order chi connectivity index (χ0) is 37.3. The van der Waals surface area contributed by atoms with Crippen LogP contribution in [0, 0.1) is 0 Å². The van der Waals surface area contributed by atoms with E-state index in [4.69, 9.17) is 15.0 Å². The fourth-order valence-corrected chi connectivity index (χ4v) is 7.48. The number of hydrogen-bond acceptors (Lipinski definition) is 4. The van der Waals surface area contributed by atoms with Crippen molar-refractivity contribution in [1.29, 1.82) is 0 Å². The summed E-state index contributed by atoms with van der Waals surface area (Å²) in [7, 11) is 0. The molecular weight excluding hydrogens is 681 g/mol. The van der Waals surface area contributed by atoms with Crippen LogP contribution < -0.4 is 0 Å². The van der Waals surface area contributed by atoms with E-state index in [1.54, 1.807) is 0 Å². The number of benzene rings is 8. The molecule has 10 aromatic rings. The maximum absolute atomic E-state index is 4.99. The third-order valence-corrected chi connectivity index (χ3v) is 10.4. The Hall–Kier alpha value is -7.56. The van der Waals surface area contributed by atoms with Gasteiger partial charge in [-0.1, -0.05) is 182 Å². The number of hydrogen-bond donors (Lipinski definition) is 0. The van der Waals surface area contributed by atoms with E-state index in [2.05, 4.69) is 163 Å². The molecule has 10 rings (SSSR count). The molecule has 0 radical (unpaired) electrons. The van der Waals surface area contributed by atoms with Gasteiger partial charge in [0.25, 0.3) is 0 Å². The normalized spacial score (nSPS) is 11.2. The first-order chi connectivity index (χ1) is 27.7. The van der Waals surface area contributed by atoms with Crippen molar-refractivity contribution in [3.05, 3.63) is 206 Å². The topological polar surface area (TPSA) is 51.6 Å². The van der Waals surface area contributed by atoms with Gasteiger partial charge in [-0.15, -0.1) is 0 Å². The largest absolute Gasteiger partial charge is 0.256 e. The summed E-state index contributed by atoms with van der Waals surface area (Å²) in [6, 6.07) is 70.0. The molecule has 0 atom stereocenters. The van der Waals surface area contributed by atoms with Gasteiger partial charge in [-0.25, -0.2) is 15.0 Å². The van der Waals surface area contributed by atoms with Gasteiger partial charge in [-0.2, -0.15) is 0 Å². The Labute approximate surface area is 325 Å². The van der Waals surface area contributed by atoms with Crippen LogP contribution in [0.4, 0.5) is 0 Å². The van der Waals surface area contributed by atoms with Gasteiger partial charge in [0.15, 0.2) is 17.5 Å². The zero-order valence-corrected chi connectivity index (χ0v) is 30.4. The molecule has 0 unspecified atom stereocenters. The van der Waals surface area contributed by atoms with Crippen LogP contribution in [0.5, 0.6) is 0 Å². The molecule has 8 aromatic carbocycles. The number of fused-ring (bicyclic) bond motifs is 3. The molecule has 0 amide bonds. The van der Waals surface area contributed by atoms with Gasteiger partial charge in [-0.05, 0) is 68.1 Å². The highest BCUT2D eigenvalue weighted by atomic mass is 15.0. The molecule has 262 valence electrons. The quantitative estimate of drug-likeness (QED) is 0.154. The van der Waals surface area contributed by atoms with E-state index in [-0.39, 0.29) is 0 Å². The number of pyridine rings is 1. The first kappa shape index (κ1) is 33.0. The molecule has 0 aliphatic carbocycles. The maximum Gasteiger partial charge on any atom is 0.164 e. The summed E-state index contributed by atoms with van der Waals surface area (Å²) in [5, 5.41) is 3.52. The lowest BCUT2D eigenvalue weighted by Gasteiger charge is -2.12. The van der Waals surface area contributed by atoms with Gasteiger partial charge in [0, 0.05) is 33.7 Å². The molecule has 2 heterocycles. The summed E-state index contributed by atoms with van der Waals surface area (Å²) in [6.07, 6.45) is 1.87. The maximum atomic E-state index is 4.99. The molecule has 0 N–H and O–H groups in total. The third kappa shape index (κ3) is 6.40. The summed E-state index contributed by atoms with van der Waals surface area (Å²) in [6.45, 7) is 0. The van der Waals surface area contributed by atoms with Crippen LogP contribution in [0.1, 0.15) is 0 Å². The van der Waals surface area contributed by atoms with Crippen molar-refractivity contribution in [1.82, 2.24) is 19.9 Å². The molecule has 4 nitrogen and oxygen atoms in total. The first-order valence-electron chi connectivity index (χ1n) is 18.8. The minimum atomic E-state index is 0.636. The van der Waals surface area contributed by atoms with Crippen molar-refractivity contribution in [3.8, 4) is 78.7 Å². The highest BCUT2D eigenvalue weighted by Crippen LogP contribution is 2.36. The lowest BCUT2D eigenvalue weighted by atomic mass is 9.93. The first-order valence-corrected chi connectivity index (χ1v) is 18.8. The van der Waals surface area contributed by atoms with Crippen LogP contribution in [0.25, 0.3) is 100 Å². The van der Waals surface area contributed by atoms with Crippen molar-refractivity contribution >= 4 is 21.7 Å². The monoisotopic (exact) mass is 714 g/mol. The van der Waals surface area contributed by atoms with Crippen molar-refractivity contribution in [2.24, 2.45) is 0 Å². The molecule has 0 fully saturated rings. The highest BCUT2D eigenvalue weighted by Gasteiger charge is 2.14. The summed E-state index contributed by atoms with van der Waals surface area (Å²) < 4.78 is 0. The van der Waals surface area contributed by atoms with Crippen molar-refractivity contribution in [2.45, 2.75) is 0 Å². The molecule has 0 saturated carbocycles. The van der Waals surface area contributed by atoms with Crippen molar-refractivity contribution in [2.75, 3.05) is 0 Å². The predicted octanol–water partition coefficient (Wildman–Crippen LogP) is 13.2. The highest BCUT2D eigenvalue weighted by molar-refractivity contribution is 6.12. The number of nitrogens with zero attached hydrogens (tertiary/aromatic N) is 4. The predicted molar refractivity (Wildman–Crippen MR) is 231 cm³/mol. The number of aromatic nitrogens is 4.